The fourth-order valence-corrected chi connectivity index (χ4v) is 2.34. The molecule has 0 bridgehead atoms. The Bertz CT molecular complexity index is 285. The number of nitrogens with zero attached hydrogens (tertiary/aromatic N) is 1. The lowest BCUT2D eigenvalue weighted by Gasteiger charge is -2.23. The van der Waals surface area contributed by atoms with Gasteiger partial charge in [0.2, 0.25) is 15.9 Å². The van der Waals surface area contributed by atoms with Gasteiger partial charge in [-0.1, -0.05) is 0 Å². The summed E-state index contributed by atoms with van der Waals surface area (Å²) in [6.45, 7) is 5.67. The highest BCUT2D eigenvalue weighted by Gasteiger charge is 2.19. The minimum Gasteiger partial charge on any atom is -0.355 e. The van der Waals surface area contributed by atoms with Gasteiger partial charge in [-0.25, -0.2) is 8.42 Å². The summed E-state index contributed by atoms with van der Waals surface area (Å²) in [5.41, 5.74) is 0. The normalized spacial score (nSPS) is 12.1. The number of hydrogen-bond acceptors (Lipinski definition) is 3. The van der Waals surface area contributed by atoms with Gasteiger partial charge in [0.1, 0.15) is 0 Å². The third-order valence-corrected chi connectivity index (χ3v) is 3.16. The molecule has 0 aromatic heterocycles. The van der Waals surface area contributed by atoms with Crippen molar-refractivity contribution in [2.24, 2.45) is 0 Å². The second-order valence-corrected chi connectivity index (χ2v) is 5.39. The average molecular weight is 222 g/mol. The van der Waals surface area contributed by atoms with Gasteiger partial charge in [-0.05, 0) is 13.8 Å². The molecule has 0 saturated heterocycles. The Kier molecular flexibility index (Phi) is 5.07. The van der Waals surface area contributed by atoms with E-state index >= 15 is 0 Å². The monoisotopic (exact) mass is 222 g/mol. The average Bonchev–Trinajstić information content (AvgIpc) is 1.94. The standard InChI is InChI=1S/C8H18N2O3S/c1-7(2)10(14(4,12)13)6-5-9-8(3)11/h7H,5-6H2,1-4H3,(H,9,11). The molecule has 84 valence electrons. The number of nitrogens with one attached hydrogen (secondary N) is 1. The Labute approximate surface area is 85.5 Å². The van der Waals surface area contributed by atoms with Gasteiger partial charge in [-0.2, -0.15) is 4.31 Å². The molecule has 0 aromatic carbocycles. The first kappa shape index (κ1) is 13.4. The summed E-state index contributed by atoms with van der Waals surface area (Å²) in [4.78, 5) is 10.6. The Hall–Kier alpha value is -0.620. The van der Waals surface area contributed by atoms with Crippen molar-refractivity contribution < 1.29 is 13.2 Å². The third-order valence-electron chi connectivity index (χ3n) is 1.71. The number of carbonyl (C=O) groups is 1. The topological polar surface area (TPSA) is 66.5 Å². The molecule has 1 amide bonds. The summed E-state index contributed by atoms with van der Waals surface area (Å²) in [5, 5.41) is 2.56. The summed E-state index contributed by atoms with van der Waals surface area (Å²) in [7, 11) is -3.18. The van der Waals surface area contributed by atoms with Gasteiger partial charge >= 0.3 is 0 Å². The zero-order valence-corrected chi connectivity index (χ0v) is 9.89. The van der Waals surface area contributed by atoms with Gasteiger partial charge < -0.3 is 5.32 Å². The van der Waals surface area contributed by atoms with Crippen LogP contribution in [0.4, 0.5) is 0 Å². The van der Waals surface area contributed by atoms with E-state index in [1.54, 1.807) is 13.8 Å². The molecular weight excluding hydrogens is 204 g/mol. The lowest BCUT2D eigenvalue weighted by Crippen LogP contribution is -2.41. The van der Waals surface area contributed by atoms with Crippen molar-refractivity contribution in [1.29, 1.82) is 0 Å². The van der Waals surface area contributed by atoms with E-state index < -0.39 is 10.0 Å². The number of hydrogen-bond donors (Lipinski definition) is 1. The lowest BCUT2D eigenvalue weighted by atomic mass is 10.4. The number of rotatable bonds is 5. The maximum absolute atomic E-state index is 11.3. The molecule has 0 heterocycles. The number of sulfonamides is 1. The molecular formula is C8H18N2O3S. The smallest absolute Gasteiger partial charge is 0.216 e. The Morgan fingerprint density at radius 3 is 2.21 bits per heavy atom. The van der Waals surface area contributed by atoms with Crippen LogP contribution in [0.3, 0.4) is 0 Å². The Balaban J connectivity index is 4.20. The highest BCUT2D eigenvalue weighted by Crippen LogP contribution is 2.03. The van der Waals surface area contributed by atoms with Gasteiger partial charge in [0.15, 0.2) is 0 Å². The second-order valence-electron chi connectivity index (χ2n) is 3.45. The lowest BCUT2D eigenvalue weighted by molar-refractivity contribution is -0.118. The molecule has 6 heteroatoms. The summed E-state index contributed by atoms with van der Waals surface area (Å²) >= 11 is 0. The predicted octanol–water partition coefficient (Wildman–Crippen LogP) is -0.208. The van der Waals surface area contributed by atoms with E-state index in [9.17, 15) is 13.2 Å². The van der Waals surface area contributed by atoms with Crippen molar-refractivity contribution in [3.63, 3.8) is 0 Å². The molecule has 0 rings (SSSR count). The fraction of sp³-hybridized carbons (Fsp3) is 0.875. The molecule has 0 unspecified atom stereocenters. The number of carbonyl (C=O) groups excluding carboxylic acids is 1. The molecule has 0 saturated carbocycles. The first-order valence-electron chi connectivity index (χ1n) is 4.46. The van der Waals surface area contributed by atoms with E-state index in [0.717, 1.165) is 0 Å². The van der Waals surface area contributed by atoms with Gasteiger partial charge in [-0.15, -0.1) is 0 Å². The van der Waals surface area contributed by atoms with Crippen molar-refractivity contribution >= 4 is 15.9 Å². The van der Waals surface area contributed by atoms with Crippen molar-refractivity contribution in [2.45, 2.75) is 26.8 Å². The largest absolute Gasteiger partial charge is 0.355 e. The van der Waals surface area contributed by atoms with Crippen LogP contribution in [0, 0.1) is 0 Å². The molecule has 0 aromatic rings. The van der Waals surface area contributed by atoms with E-state index in [1.807, 2.05) is 0 Å². The van der Waals surface area contributed by atoms with E-state index in [1.165, 1.54) is 17.5 Å². The number of amides is 1. The molecule has 0 spiro atoms. The van der Waals surface area contributed by atoms with Crippen LogP contribution >= 0.6 is 0 Å². The molecule has 1 N–H and O–H groups in total. The molecule has 14 heavy (non-hydrogen) atoms. The predicted molar refractivity (Wildman–Crippen MR) is 55.4 cm³/mol. The summed E-state index contributed by atoms with van der Waals surface area (Å²) < 4.78 is 23.9. The summed E-state index contributed by atoms with van der Waals surface area (Å²) in [6, 6.07) is -0.0845. The molecule has 0 atom stereocenters. The first-order chi connectivity index (χ1) is 6.25. The highest BCUT2D eigenvalue weighted by molar-refractivity contribution is 7.88. The van der Waals surface area contributed by atoms with Crippen LogP contribution < -0.4 is 5.32 Å². The van der Waals surface area contributed by atoms with Gasteiger partial charge in [0.25, 0.3) is 0 Å². The maximum Gasteiger partial charge on any atom is 0.216 e. The third kappa shape index (κ3) is 5.18. The summed E-state index contributed by atoms with van der Waals surface area (Å²) in [5.74, 6) is -0.151. The fourth-order valence-electron chi connectivity index (χ4n) is 1.15. The quantitative estimate of drug-likeness (QED) is 0.700. The van der Waals surface area contributed by atoms with Crippen molar-refractivity contribution in [3.05, 3.63) is 0 Å². The van der Waals surface area contributed by atoms with Crippen LogP contribution in [0.5, 0.6) is 0 Å². The Morgan fingerprint density at radius 2 is 1.93 bits per heavy atom. The second kappa shape index (κ2) is 5.31. The van der Waals surface area contributed by atoms with Crippen LogP contribution in [0.15, 0.2) is 0 Å². The maximum atomic E-state index is 11.3. The molecule has 0 aliphatic heterocycles. The highest BCUT2D eigenvalue weighted by atomic mass is 32.2. The van der Waals surface area contributed by atoms with Crippen LogP contribution in [0.25, 0.3) is 0 Å². The van der Waals surface area contributed by atoms with Gasteiger partial charge in [-0.3, -0.25) is 4.79 Å². The molecule has 0 aliphatic rings. The first-order valence-corrected chi connectivity index (χ1v) is 6.31. The SMILES string of the molecule is CC(=O)NCCN(C(C)C)S(C)(=O)=O. The zero-order chi connectivity index (χ0) is 11.4. The van der Waals surface area contributed by atoms with Crippen molar-refractivity contribution in [2.75, 3.05) is 19.3 Å². The van der Waals surface area contributed by atoms with E-state index in [4.69, 9.17) is 0 Å². The van der Waals surface area contributed by atoms with Crippen molar-refractivity contribution in [3.8, 4) is 0 Å². The molecule has 0 aliphatic carbocycles. The molecule has 5 nitrogen and oxygen atoms in total. The minimum atomic E-state index is -3.18. The minimum absolute atomic E-state index is 0.0845. The van der Waals surface area contributed by atoms with Crippen LogP contribution in [-0.2, 0) is 14.8 Å². The molecule has 0 fully saturated rings. The summed E-state index contributed by atoms with van der Waals surface area (Å²) in [6.07, 6.45) is 1.17. The Morgan fingerprint density at radius 1 is 1.43 bits per heavy atom. The van der Waals surface area contributed by atoms with E-state index in [0.29, 0.717) is 13.1 Å². The zero-order valence-electron chi connectivity index (χ0n) is 9.07. The molecule has 0 radical (unpaired) electrons. The van der Waals surface area contributed by atoms with E-state index in [-0.39, 0.29) is 11.9 Å². The van der Waals surface area contributed by atoms with Gasteiger partial charge in [0.05, 0.1) is 6.26 Å². The van der Waals surface area contributed by atoms with E-state index in [2.05, 4.69) is 5.32 Å². The van der Waals surface area contributed by atoms with Gasteiger partial charge in [0, 0.05) is 26.1 Å². The van der Waals surface area contributed by atoms with Crippen LogP contribution in [-0.4, -0.2) is 44.0 Å². The van der Waals surface area contributed by atoms with Crippen LogP contribution in [0.2, 0.25) is 0 Å². The van der Waals surface area contributed by atoms with Crippen LogP contribution in [0.1, 0.15) is 20.8 Å². The van der Waals surface area contributed by atoms with Crippen molar-refractivity contribution in [1.82, 2.24) is 9.62 Å².